The van der Waals surface area contributed by atoms with Gasteiger partial charge in [0.1, 0.15) is 0 Å². The topological polar surface area (TPSA) is 46.3 Å². The first-order valence-electron chi connectivity index (χ1n) is 6.68. The number of nitrogens with zero attached hydrogens (tertiary/aromatic N) is 1. The van der Waals surface area contributed by atoms with Crippen LogP contribution in [0.2, 0.25) is 0 Å². The maximum Gasteiger partial charge on any atom is 0.224 e. The highest BCUT2D eigenvalue weighted by Crippen LogP contribution is 2.33. The van der Waals surface area contributed by atoms with Crippen molar-refractivity contribution in [1.82, 2.24) is 4.90 Å². The lowest BCUT2D eigenvalue weighted by atomic mass is 9.93. The molecule has 1 aliphatic rings. The molecular weight excluding hydrogens is 224 g/mol. The van der Waals surface area contributed by atoms with Crippen molar-refractivity contribution >= 4 is 5.91 Å². The van der Waals surface area contributed by atoms with E-state index in [9.17, 15) is 4.79 Å². The second-order valence-corrected chi connectivity index (χ2v) is 5.22. The standard InChI is InChI=1S/C15H22N2O/c1-11-5-3-4-6-14(11)13-9-12(2)17(10-13)15(18)7-8-16/h3-6,12-13H,7-10,16H2,1-2H3/t12-,13+/m1/s1. The molecule has 2 rings (SSSR count). The SMILES string of the molecule is Cc1ccccc1[C@H]1C[C@@H](C)N(C(=O)CCN)C1. The van der Waals surface area contributed by atoms with Crippen LogP contribution in [0.5, 0.6) is 0 Å². The molecule has 3 heteroatoms. The highest BCUT2D eigenvalue weighted by atomic mass is 16.2. The molecule has 0 spiro atoms. The first kappa shape index (κ1) is 13.1. The van der Waals surface area contributed by atoms with E-state index in [0.717, 1.165) is 13.0 Å². The van der Waals surface area contributed by atoms with Crippen molar-refractivity contribution in [3.05, 3.63) is 35.4 Å². The monoisotopic (exact) mass is 246 g/mol. The largest absolute Gasteiger partial charge is 0.339 e. The first-order valence-corrected chi connectivity index (χ1v) is 6.68. The minimum Gasteiger partial charge on any atom is -0.339 e. The van der Waals surface area contributed by atoms with E-state index in [0.29, 0.717) is 24.9 Å². The molecule has 2 N–H and O–H groups in total. The Morgan fingerprint density at radius 3 is 2.83 bits per heavy atom. The van der Waals surface area contributed by atoms with Crippen molar-refractivity contribution in [1.29, 1.82) is 0 Å². The number of hydrogen-bond donors (Lipinski definition) is 1. The number of carbonyl (C=O) groups excluding carboxylic acids is 1. The van der Waals surface area contributed by atoms with Crippen molar-refractivity contribution in [2.45, 2.75) is 38.6 Å². The van der Waals surface area contributed by atoms with Crippen LogP contribution in [-0.2, 0) is 4.79 Å². The third-order valence-electron chi connectivity index (χ3n) is 3.88. The molecule has 3 nitrogen and oxygen atoms in total. The summed E-state index contributed by atoms with van der Waals surface area (Å²) in [4.78, 5) is 14.0. The Labute approximate surface area is 109 Å². The van der Waals surface area contributed by atoms with Gasteiger partial charge in [-0.25, -0.2) is 0 Å². The quantitative estimate of drug-likeness (QED) is 0.887. The summed E-state index contributed by atoms with van der Waals surface area (Å²) in [5.41, 5.74) is 8.17. The molecule has 0 aromatic heterocycles. The van der Waals surface area contributed by atoms with Gasteiger partial charge in [-0.2, -0.15) is 0 Å². The van der Waals surface area contributed by atoms with E-state index in [1.165, 1.54) is 11.1 Å². The molecule has 1 aromatic rings. The Morgan fingerprint density at radius 1 is 1.44 bits per heavy atom. The number of rotatable bonds is 3. The van der Waals surface area contributed by atoms with Crippen molar-refractivity contribution in [3.8, 4) is 0 Å². The van der Waals surface area contributed by atoms with Crippen molar-refractivity contribution in [3.63, 3.8) is 0 Å². The van der Waals surface area contributed by atoms with E-state index in [1.54, 1.807) is 0 Å². The van der Waals surface area contributed by atoms with E-state index in [1.807, 2.05) is 4.90 Å². The van der Waals surface area contributed by atoms with Gasteiger partial charge in [0.15, 0.2) is 0 Å². The summed E-state index contributed by atoms with van der Waals surface area (Å²) >= 11 is 0. The summed E-state index contributed by atoms with van der Waals surface area (Å²) in [6.45, 7) is 5.55. The zero-order valence-electron chi connectivity index (χ0n) is 11.2. The van der Waals surface area contributed by atoms with E-state index in [-0.39, 0.29) is 5.91 Å². The van der Waals surface area contributed by atoms with Crippen molar-refractivity contribution < 1.29 is 4.79 Å². The number of benzene rings is 1. The average molecular weight is 246 g/mol. The fourth-order valence-corrected chi connectivity index (χ4v) is 2.92. The average Bonchev–Trinajstić information content (AvgIpc) is 2.72. The van der Waals surface area contributed by atoms with Crippen LogP contribution in [0, 0.1) is 6.92 Å². The van der Waals surface area contributed by atoms with Crippen molar-refractivity contribution in [2.24, 2.45) is 5.73 Å². The van der Waals surface area contributed by atoms with Gasteiger partial charge in [0.05, 0.1) is 0 Å². The molecule has 1 aromatic carbocycles. The van der Waals surface area contributed by atoms with Gasteiger partial charge in [-0.1, -0.05) is 24.3 Å². The van der Waals surface area contributed by atoms with Crippen LogP contribution in [-0.4, -0.2) is 29.9 Å². The summed E-state index contributed by atoms with van der Waals surface area (Å²) in [5, 5.41) is 0. The Balaban J connectivity index is 2.11. The summed E-state index contributed by atoms with van der Waals surface area (Å²) in [6.07, 6.45) is 1.52. The molecular formula is C15H22N2O. The number of aryl methyl sites for hydroxylation is 1. The first-order chi connectivity index (χ1) is 8.63. The van der Waals surface area contributed by atoms with E-state index in [4.69, 9.17) is 5.73 Å². The lowest BCUT2D eigenvalue weighted by molar-refractivity contribution is -0.131. The zero-order valence-corrected chi connectivity index (χ0v) is 11.2. The minimum absolute atomic E-state index is 0.195. The number of nitrogens with two attached hydrogens (primary N) is 1. The van der Waals surface area contributed by atoms with Gasteiger partial charge >= 0.3 is 0 Å². The molecule has 0 saturated carbocycles. The van der Waals surface area contributed by atoms with Crippen LogP contribution in [0.25, 0.3) is 0 Å². The summed E-state index contributed by atoms with van der Waals surface area (Å²) in [6, 6.07) is 8.80. The Hall–Kier alpha value is -1.35. The molecule has 0 unspecified atom stereocenters. The van der Waals surface area contributed by atoms with E-state index < -0.39 is 0 Å². The molecule has 1 amide bonds. The number of hydrogen-bond acceptors (Lipinski definition) is 2. The molecule has 0 aliphatic carbocycles. The molecule has 1 aliphatic heterocycles. The lowest BCUT2D eigenvalue weighted by Crippen LogP contribution is -2.35. The van der Waals surface area contributed by atoms with Crippen LogP contribution in [0.3, 0.4) is 0 Å². The smallest absolute Gasteiger partial charge is 0.224 e. The summed E-state index contributed by atoms with van der Waals surface area (Å²) < 4.78 is 0. The fraction of sp³-hybridized carbons (Fsp3) is 0.533. The number of likely N-dealkylation sites (tertiary alicyclic amines) is 1. The van der Waals surface area contributed by atoms with Crippen molar-refractivity contribution in [2.75, 3.05) is 13.1 Å². The third kappa shape index (κ3) is 2.56. The molecule has 2 atom stereocenters. The zero-order chi connectivity index (χ0) is 13.1. The summed E-state index contributed by atoms with van der Waals surface area (Å²) in [5.74, 6) is 0.670. The third-order valence-corrected chi connectivity index (χ3v) is 3.88. The molecule has 0 radical (unpaired) electrons. The second kappa shape index (κ2) is 5.53. The van der Waals surface area contributed by atoms with E-state index >= 15 is 0 Å². The molecule has 1 saturated heterocycles. The molecule has 98 valence electrons. The predicted molar refractivity (Wildman–Crippen MR) is 73.4 cm³/mol. The Morgan fingerprint density at radius 2 is 2.17 bits per heavy atom. The predicted octanol–water partition coefficient (Wildman–Crippen LogP) is 2.05. The van der Waals surface area contributed by atoms with Gasteiger partial charge < -0.3 is 10.6 Å². The van der Waals surface area contributed by atoms with E-state index in [2.05, 4.69) is 38.1 Å². The van der Waals surface area contributed by atoms with Gasteiger partial charge in [-0.15, -0.1) is 0 Å². The van der Waals surface area contributed by atoms with Crippen LogP contribution in [0.15, 0.2) is 24.3 Å². The van der Waals surface area contributed by atoms with Crippen LogP contribution in [0.1, 0.15) is 36.8 Å². The molecule has 1 heterocycles. The highest BCUT2D eigenvalue weighted by Gasteiger charge is 2.33. The van der Waals surface area contributed by atoms with Gasteiger partial charge in [-0.05, 0) is 31.4 Å². The highest BCUT2D eigenvalue weighted by molar-refractivity contribution is 5.77. The van der Waals surface area contributed by atoms with Gasteiger partial charge in [0, 0.05) is 31.5 Å². The molecule has 18 heavy (non-hydrogen) atoms. The Bertz CT molecular complexity index is 430. The Kier molecular flexibility index (Phi) is 4.02. The molecule has 1 fully saturated rings. The van der Waals surface area contributed by atoms with Crippen LogP contribution >= 0.6 is 0 Å². The lowest BCUT2D eigenvalue weighted by Gasteiger charge is -2.21. The van der Waals surface area contributed by atoms with Gasteiger partial charge in [0.25, 0.3) is 0 Å². The maximum atomic E-state index is 12.0. The summed E-state index contributed by atoms with van der Waals surface area (Å²) in [7, 11) is 0. The van der Waals surface area contributed by atoms with Gasteiger partial charge in [0.2, 0.25) is 5.91 Å². The van der Waals surface area contributed by atoms with Gasteiger partial charge in [-0.3, -0.25) is 4.79 Å². The normalized spacial score (nSPS) is 23.4. The molecule has 0 bridgehead atoms. The fourth-order valence-electron chi connectivity index (χ4n) is 2.92. The second-order valence-electron chi connectivity index (χ2n) is 5.22. The maximum absolute atomic E-state index is 12.0. The number of amides is 1. The number of carbonyl (C=O) groups is 1. The van der Waals surface area contributed by atoms with Crippen LogP contribution < -0.4 is 5.73 Å². The van der Waals surface area contributed by atoms with Crippen LogP contribution in [0.4, 0.5) is 0 Å². The minimum atomic E-state index is 0.195.